The summed E-state index contributed by atoms with van der Waals surface area (Å²) in [6, 6.07) is 6.30. The van der Waals surface area contributed by atoms with Gasteiger partial charge in [-0.05, 0) is 44.0 Å². The number of aromatic amines is 1. The fourth-order valence-corrected chi connectivity index (χ4v) is 3.56. The van der Waals surface area contributed by atoms with Crippen molar-refractivity contribution in [1.29, 1.82) is 0 Å². The molecule has 3 atom stereocenters. The van der Waals surface area contributed by atoms with Gasteiger partial charge in [-0.3, -0.25) is 14.7 Å². The fourth-order valence-electron chi connectivity index (χ4n) is 3.56. The standard InChI is InChI=1S/C19H22N4O5/c1-10-4-13(23-22-10)8-20-18(25)12-5-14(15(24)6-12)21-19(26)11-2-3-16-17(7-11)28-9-27-16/h2-4,7,12,14-15,24H,5-6,8-9H2,1H3,(H,20,25)(H,21,26)(H,22,23)/t12-,14-,15-/m0/s1. The first-order chi connectivity index (χ1) is 13.5. The molecule has 1 aliphatic carbocycles. The number of carbonyl (C=O) groups excluding carboxylic acids is 2. The van der Waals surface area contributed by atoms with Gasteiger partial charge in [-0.1, -0.05) is 0 Å². The highest BCUT2D eigenvalue weighted by molar-refractivity contribution is 5.95. The number of aliphatic hydroxyl groups excluding tert-OH is 1. The van der Waals surface area contributed by atoms with Crippen LogP contribution in [0.1, 0.15) is 34.6 Å². The van der Waals surface area contributed by atoms with Crippen LogP contribution in [0.15, 0.2) is 24.3 Å². The highest BCUT2D eigenvalue weighted by atomic mass is 16.7. The van der Waals surface area contributed by atoms with Gasteiger partial charge >= 0.3 is 0 Å². The first-order valence-electron chi connectivity index (χ1n) is 9.17. The molecule has 0 saturated heterocycles. The molecule has 0 bridgehead atoms. The van der Waals surface area contributed by atoms with E-state index in [0.717, 1.165) is 11.4 Å². The van der Waals surface area contributed by atoms with Gasteiger partial charge in [-0.2, -0.15) is 5.10 Å². The summed E-state index contributed by atoms with van der Waals surface area (Å²) in [5.74, 6) is 0.277. The van der Waals surface area contributed by atoms with Gasteiger partial charge in [0.1, 0.15) is 0 Å². The lowest BCUT2D eigenvalue weighted by Crippen LogP contribution is -2.40. The lowest BCUT2D eigenvalue weighted by atomic mass is 10.1. The van der Waals surface area contributed by atoms with Crippen molar-refractivity contribution in [2.75, 3.05) is 6.79 Å². The zero-order valence-corrected chi connectivity index (χ0v) is 15.4. The molecule has 2 amide bonds. The number of fused-ring (bicyclic) bond motifs is 1. The van der Waals surface area contributed by atoms with E-state index in [1.165, 1.54) is 0 Å². The van der Waals surface area contributed by atoms with Gasteiger partial charge in [0.25, 0.3) is 5.91 Å². The average Bonchev–Trinajstić information content (AvgIpc) is 3.39. The second-order valence-corrected chi connectivity index (χ2v) is 7.14. The van der Waals surface area contributed by atoms with Crippen molar-refractivity contribution >= 4 is 11.8 Å². The van der Waals surface area contributed by atoms with Crippen LogP contribution in [-0.2, 0) is 11.3 Å². The summed E-state index contributed by atoms with van der Waals surface area (Å²) in [4.78, 5) is 24.9. The molecule has 1 saturated carbocycles. The number of aryl methyl sites for hydroxylation is 1. The largest absolute Gasteiger partial charge is 0.454 e. The van der Waals surface area contributed by atoms with Crippen LogP contribution in [0, 0.1) is 12.8 Å². The average molecular weight is 386 g/mol. The number of hydrogen-bond acceptors (Lipinski definition) is 6. The monoisotopic (exact) mass is 386 g/mol. The summed E-state index contributed by atoms with van der Waals surface area (Å²) >= 11 is 0. The van der Waals surface area contributed by atoms with E-state index in [1.807, 2.05) is 13.0 Å². The number of carbonyl (C=O) groups is 2. The van der Waals surface area contributed by atoms with E-state index in [1.54, 1.807) is 18.2 Å². The number of benzene rings is 1. The number of amides is 2. The van der Waals surface area contributed by atoms with Crippen molar-refractivity contribution in [2.24, 2.45) is 5.92 Å². The minimum atomic E-state index is -0.777. The molecule has 4 rings (SSSR count). The lowest BCUT2D eigenvalue weighted by molar-refractivity contribution is -0.125. The Bertz CT molecular complexity index is 896. The van der Waals surface area contributed by atoms with Crippen LogP contribution < -0.4 is 20.1 Å². The van der Waals surface area contributed by atoms with Crippen molar-refractivity contribution in [3.05, 3.63) is 41.2 Å². The first kappa shape index (κ1) is 18.3. The van der Waals surface area contributed by atoms with Crippen molar-refractivity contribution in [2.45, 2.75) is 38.5 Å². The summed E-state index contributed by atoms with van der Waals surface area (Å²) in [7, 11) is 0. The Kier molecular flexibility index (Phi) is 4.91. The molecule has 0 spiro atoms. The molecule has 1 aliphatic heterocycles. The topological polar surface area (TPSA) is 126 Å². The van der Waals surface area contributed by atoms with Crippen LogP contribution in [0.2, 0.25) is 0 Å². The molecule has 9 heteroatoms. The zero-order chi connectivity index (χ0) is 19.7. The summed E-state index contributed by atoms with van der Waals surface area (Å²) in [6.07, 6.45) is -0.0956. The molecule has 148 valence electrons. The van der Waals surface area contributed by atoms with Crippen LogP contribution in [-0.4, -0.2) is 46.1 Å². The molecule has 4 N–H and O–H groups in total. The molecule has 2 aromatic rings. The van der Waals surface area contributed by atoms with Gasteiger partial charge in [-0.25, -0.2) is 0 Å². The SMILES string of the molecule is Cc1cc(CNC(=O)[C@H]2C[C@H](NC(=O)c3ccc4c(c3)OCO4)[C@@H](O)C2)n[nH]1. The van der Waals surface area contributed by atoms with Gasteiger partial charge < -0.3 is 25.2 Å². The maximum Gasteiger partial charge on any atom is 0.251 e. The minimum Gasteiger partial charge on any atom is -0.454 e. The Morgan fingerprint density at radius 3 is 2.86 bits per heavy atom. The maximum atomic E-state index is 12.5. The highest BCUT2D eigenvalue weighted by Gasteiger charge is 2.37. The van der Waals surface area contributed by atoms with E-state index in [-0.39, 0.29) is 24.5 Å². The molecule has 1 aromatic carbocycles. The number of H-pyrrole nitrogens is 1. The number of hydrogen-bond donors (Lipinski definition) is 4. The van der Waals surface area contributed by atoms with Crippen LogP contribution in [0.25, 0.3) is 0 Å². The highest BCUT2D eigenvalue weighted by Crippen LogP contribution is 2.33. The quantitative estimate of drug-likeness (QED) is 0.597. The van der Waals surface area contributed by atoms with E-state index in [4.69, 9.17) is 9.47 Å². The maximum absolute atomic E-state index is 12.5. The zero-order valence-electron chi connectivity index (χ0n) is 15.4. The van der Waals surface area contributed by atoms with E-state index in [9.17, 15) is 14.7 Å². The summed E-state index contributed by atoms with van der Waals surface area (Å²) in [6.45, 7) is 2.35. The van der Waals surface area contributed by atoms with Gasteiger partial charge in [0.2, 0.25) is 12.7 Å². The van der Waals surface area contributed by atoms with E-state index >= 15 is 0 Å². The molecule has 0 radical (unpaired) electrons. The number of nitrogens with zero attached hydrogens (tertiary/aromatic N) is 1. The Morgan fingerprint density at radius 1 is 1.25 bits per heavy atom. The Balaban J connectivity index is 1.32. The summed E-state index contributed by atoms with van der Waals surface area (Å²) in [5.41, 5.74) is 2.09. The van der Waals surface area contributed by atoms with Crippen LogP contribution >= 0.6 is 0 Å². The molecule has 2 aliphatic rings. The van der Waals surface area contributed by atoms with E-state index in [2.05, 4.69) is 20.8 Å². The van der Waals surface area contributed by atoms with Crippen LogP contribution in [0.4, 0.5) is 0 Å². The molecular formula is C19H22N4O5. The predicted octanol–water partition coefficient (Wildman–Crippen LogP) is 0.633. The third kappa shape index (κ3) is 3.79. The van der Waals surface area contributed by atoms with Crippen LogP contribution in [0.3, 0.4) is 0 Å². The molecule has 0 unspecified atom stereocenters. The third-order valence-corrected chi connectivity index (χ3v) is 5.05. The predicted molar refractivity (Wildman–Crippen MR) is 97.7 cm³/mol. The Morgan fingerprint density at radius 2 is 2.07 bits per heavy atom. The number of rotatable bonds is 5. The van der Waals surface area contributed by atoms with E-state index < -0.39 is 12.1 Å². The van der Waals surface area contributed by atoms with Gasteiger partial charge in [-0.15, -0.1) is 0 Å². The molecule has 2 heterocycles. The molecule has 9 nitrogen and oxygen atoms in total. The van der Waals surface area contributed by atoms with Crippen LogP contribution in [0.5, 0.6) is 11.5 Å². The smallest absolute Gasteiger partial charge is 0.251 e. The van der Waals surface area contributed by atoms with Crippen molar-refractivity contribution in [3.63, 3.8) is 0 Å². The summed E-state index contributed by atoms with van der Waals surface area (Å²) < 4.78 is 10.5. The minimum absolute atomic E-state index is 0.135. The number of aromatic nitrogens is 2. The number of nitrogens with one attached hydrogen (secondary N) is 3. The second kappa shape index (κ2) is 7.51. The van der Waals surface area contributed by atoms with E-state index in [0.29, 0.717) is 36.4 Å². The summed E-state index contributed by atoms with van der Waals surface area (Å²) in [5, 5.41) is 22.8. The fraction of sp³-hybridized carbons (Fsp3) is 0.421. The molecule has 1 aromatic heterocycles. The van der Waals surface area contributed by atoms with Crippen molar-refractivity contribution in [3.8, 4) is 11.5 Å². The Labute approximate surface area is 161 Å². The van der Waals surface area contributed by atoms with Crippen molar-refractivity contribution < 1.29 is 24.2 Å². The first-order valence-corrected chi connectivity index (χ1v) is 9.17. The molecule has 28 heavy (non-hydrogen) atoms. The second-order valence-electron chi connectivity index (χ2n) is 7.14. The lowest BCUT2D eigenvalue weighted by Gasteiger charge is -2.16. The molecular weight excluding hydrogens is 364 g/mol. The molecule has 1 fully saturated rings. The normalized spacial score (nSPS) is 22.9. The Hall–Kier alpha value is -3.07. The third-order valence-electron chi connectivity index (χ3n) is 5.05. The van der Waals surface area contributed by atoms with Gasteiger partial charge in [0.05, 0.1) is 24.4 Å². The van der Waals surface area contributed by atoms with Gasteiger partial charge in [0, 0.05) is 17.2 Å². The van der Waals surface area contributed by atoms with Gasteiger partial charge in [0.15, 0.2) is 11.5 Å². The number of aliphatic hydroxyl groups is 1. The van der Waals surface area contributed by atoms with Crippen molar-refractivity contribution in [1.82, 2.24) is 20.8 Å². The number of ether oxygens (including phenoxy) is 2.